The third kappa shape index (κ3) is 3.12. The van der Waals surface area contributed by atoms with Gasteiger partial charge in [0.15, 0.2) is 11.6 Å². The van der Waals surface area contributed by atoms with Gasteiger partial charge in [0, 0.05) is 0 Å². The Morgan fingerprint density at radius 3 is 2.12 bits per heavy atom. The van der Waals surface area contributed by atoms with Crippen molar-refractivity contribution in [1.29, 1.82) is 0 Å². The van der Waals surface area contributed by atoms with Crippen LogP contribution in [-0.4, -0.2) is 6.36 Å². The zero-order chi connectivity index (χ0) is 12.5. The number of benzene rings is 1. The number of hydrogen-bond acceptors (Lipinski definition) is 1. The summed E-state index contributed by atoms with van der Waals surface area (Å²) in [5, 5.41) is 0. The zero-order valence-electron chi connectivity index (χ0n) is 9.15. The molecule has 0 fully saturated rings. The van der Waals surface area contributed by atoms with Crippen molar-refractivity contribution in [3.63, 3.8) is 0 Å². The van der Waals surface area contributed by atoms with Crippen LogP contribution in [0.3, 0.4) is 0 Å². The molecule has 0 aliphatic rings. The molecule has 0 bridgehead atoms. The van der Waals surface area contributed by atoms with Crippen LogP contribution in [0.15, 0.2) is 12.1 Å². The molecule has 90 valence electrons. The maximum absolute atomic E-state index is 13.4. The minimum Gasteiger partial charge on any atom is -0.402 e. The lowest BCUT2D eigenvalue weighted by Gasteiger charge is -2.14. The van der Waals surface area contributed by atoms with Gasteiger partial charge in [-0.15, -0.1) is 13.2 Å². The summed E-state index contributed by atoms with van der Waals surface area (Å²) in [6, 6.07) is 2.56. The summed E-state index contributed by atoms with van der Waals surface area (Å²) in [5.41, 5.74) is 0.783. The predicted molar refractivity (Wildman–Crippen MR) is 51.9 cm³/mol. The van der Waals surface area contributed by atoms with Crippen LogP contribution in [-0.2, 0) is 0 Å². The van der Waals surface area contributed by atoms with Crippen molar-refractivity contribution in [3.05, 3.63) is 29.1 Å². The standard InChI is InChI=1S/C11H12F4O/c1-6(2)8-4-7(3)10(9(12)5-8)16-11(13,14)15/h4-6H,1-3H3. The van der Waals surface area contributed by atoms with Crippen LogP contribution in [0.4, 0.5) is 17.6 Å². The van der Waals surface area contributed by atoms with Crippen molar-refractivity contribution in [3.8, 4) is 5.75 Å². The van der Waals surface area contributed by atoms with Crippen molar-refractivity contribution >= 4 is 0 Å². The number of halogens is 4. The van der Waals surface area contributed by atoms with E-state index in [1.165, 1.54) is 13.0 Å². The van der Waals surface area contributed by atoms with Gasteiger partial charge >= 0.3 is 6.36 Å². The molecule has 0 radical (unpaired) electrons. The Bertz CT molecular complexity index is 359. The molecule has 0 amide bonds. The van der Waals surface area contributed by atoms with Gasteiger partial charge in [-0.3, -0.25) is 0 Å². The van der Waals surface area contributed by atoms with Gasteiger partial charge in [-0.25, -0.2) is 4.39 Å². The molecule has 0 saturated carbocycles. The van der Waals surface area contributed by atoms with Gasteiger partial charge < -0.3 is 4.74 Å². The SMILES string of the molecule is Cc1cc(C(C)C)cc(F)c1OC(F)(F)F. The Balaban J connectivity index is 3.13. The van der Waals surface area contributed by atoms with E-state index < -0.39 is 17.9 Å². The summed E-state index contributed by atoms with van der Waals surface area (Å²) in [7, 11) is 0. The van der Waals surface area contributed by atoms with Gasteiger partial charge in [0.25, 0.3) is 0 Å². The third-order valence-corrected chi connectivity index (χ3v) is 2.14. The van der Waals surface area contributed by atoms with E-state index in [4.69, 9.17) is 0 Å². The number of aryl methyl sites for hydroxylation is 1. The summed E-state index contributed by atoms with van der Waals surface area (Å²) >= 11 is 0. The Labute approximate surface area is 91.0 Å². The number of rotatable bonds is 2. The lowest BCUT2D eigenvalue weighted by Crippen LogP contribution is -2.18. The van der Waals surface area contributed by atoms with Crippen LogP contribution in [0.5, 0.6) is 5.75 Å². The van der Waals surface area contributed by atoms with Gasteiger partial charge in [0.1, 0.15) is 0 Å². The van der Waals surface area contributed by atoms with E-state index >= 15 is 0 Å². The van der Waals surface area contributed by atoms with Crippen LogP contribution in [0.1, 0.15) is 30.9 Å². The topological polar surface area (TPSA) is 9.23 Å². The van der Waals surface area contributed by atoms with E-state index in [1.54, 1.807) is 0 Å². The largest absolute Gasteiger partial charge is 0.573 e. The Hall–Kier alpha value is -1.26. The van der Waals surface area contributed by atoms with E-state index in [9.17, 15) is 17.6 Å². The van der Waals surface area contributed by atoms with Crippen molar-refractivity contribution < 1.29 is 22.3 Å². The van der Waals surface area contributed by atoms with Crippen LogP contribution < -0.4 is 4.74 Å². The number of alkyl halides is 3. The van der Waals surface area contributed by atoms with Crippen molar-refractivity contribution in [2.45, 2.75) is 33.1 Å². The monoisotopic (exact) mass is 236 g/mol. The maximum atomic E-state index is 13.4. The molecular weight excluding hydrogens is 224 g/mol. The second-order valence-corrected chi connectivity index (χ2v) is 3.85. The second kappa shape index (κ2) is 4.31. The molecule has 0 heterocycles. The summed E-state index contributed by atoms with van der Waals surface area (Å²) < 4.78 is 52.9. The molecule has 1 rings (SSSR count). The van der Waals surface area contributed by atoms with Gasteiger partial charge in [-0.1, -0.05) is 19.9 Å². The molecule has 0 aliphatic heterocycles. The summed E-state index contributed by atoms with van der Waals surface area (Å²) in [5.74, 6) is -1.69. The first-order valence-corrected chi connectivity index (χ1v) is 4.76. The molecule has 0 aromatic heterocycles. The summed E-state index contributed by atoms with van der Waals surface area (Å²) in [6.45, 7) is 5.05. The maximum Gasteiger partial charge on any atom is 0.573 e. The molecule has 1 aromatic rings. The van der Waals surface area contributed by atoms with Crippen molar-refractivity contribution in [2.75, 3.05) is 0 Å². The van der Waals surface area contributed by atoms with Crippen LogP contribution in [0.25, 0.3) is 0 Å². The average Bonchev–Trinajstić information content (AvgIpc) is 2.09. The quantitative estimate of drug-likeness (QED) is 0.700. The average molecular weight is 236 g/mol. The van der Waals surface area contributed by atoms with Crippen LogP contribution in [0, 0.1) is 12.7 Å². The molecular formula is C11H12F4O. The van der Waals surface area contributed by atoms with Crippen molar-refractivity contribution in [1.82, 2.24) is 0 Å². The Morgan fingerprint density at radius 2 is 1.75 bits per heavy atom. The number of ether oxygens (including phenoxy) is 1. The first-order valence-electron chi connectivity index (χ1n) is 4.76. The van der Waals surface area contributed by atoms with Gasteiger partial charge in [-0.2, -0.15) is 0 Å². The molecule has 5 heteroatoms. The molecule has 0 N–H and O–H groups in total. The smallest absolute Gasteiger partial charge is 0.402 e. The van der Waals surface area contributed by atoms with Gasteiger partial charge in [-0.05, 0) is 30.0 Å². The minimum absolute atomic E-state index is 0.0492. The molecule has 0 unspecified atom stereocenters. The molecule has 16 heavy (non-hydrogen) atoms. The summed E-state index contributed by atoms with van der Waals surface area (Å²) in [6.07, 6.45) is -4.87. The van der Waals surface area contributed by atoms with E-state index in [-0.39, 0.29) is 11.5 Å². The minimum atomic E-state index is -4.87. The first-order chi connectivity index (χ1) is 7.20. The second-order valence-electron chi connectivity index (χ2n) is 3.85. The zero-order valence-corrected chi connectivity index (χ0v) is 9.15. The lowest BCUT2D eigenvalue weighted by atomic mass is 10.0. The van der Waals surface area contributed by atoms with E-state index in [0.29, 0.717) is 5.56 Å². The van der Waals surface area contributed by atoms with Crippen molar-refractivity contribution in [2.24, 2.45) is 0 Å². The molecule has 1 nitrogen and oxygen atoms in total. The fourth-order valence-electron chi connectivity index (χ4n) is 1.34. The fraction of sp³-hybridized carbons (Fsp3) is 0.455. The molecule has 0 atom stereocenters. The molecule has 0 aliphatic carbocycles. The molecule has 1 aromatic carbocycles. The predicted octanol–water partition coefficient (Wildman–Crippen LogP) is 4.16. The highest BCUT2D eigenvalue weighted by Crippen LogP contribution is 2.31. The van der Waals surface area contributed by atoms with Crippen LogP contribution in [0.2, 0.25) is 0 Å². The Kier molecular flexibility index (Phi) is 3.45. The highest BCUT2D eigenvalue weighted by atomic mass is 19.4. The third-order valence-electron chi connectivity index (χ3n) is 2.14. The fourth-order valence-corrected chi connectivity index (χ4v) is 1.34. The van der Waals surface area contributed by atoms with E-state index in [1.807, 2.05) is 13.8 Å². The van der Waals surface area contributed by atoms with Gasteiger partial charge in [0.2, 0.25) is 0 Å². The lowest BCUT2D eigenvalue weighted by molar-refractivity contribution is -0.275. The summed E-state index contributed by atoms with van der Waals surface area (Å²) in [4.78, 5) is 0. The highest BCUT2D eigenvalue weighted by molar-refractivity contribution is 5.39. The van der Waals surface area contributed by atoms with Gasteiger partial charge in [0.05, 0.1) is 0 Å². The molecule has 0 saturated heterocycles. The van der Waals surface area contributed by atoms with E-state index in [0.717, 1.165) is 6.07 Å². The normalized spacial score (nSPS) is 12.0. The molecule has 0 spiro atoms. The van der Waals surface area contributed by atoms with Crippen LogP contribution >= 0.6 is 0 Å². The van der Waals surface area contributed by atoms with E-state index in [2.05, 4.69) is 4.74 Å². The number of hydrogen-bond donors (Lipinski definition) is 0. The highest BCUT2D eigenvalue weighted by Gasteiger charge is 2.33. The Morgan fingerprint density at radius 1 is 1.19 bits per heavy atom. The first kappa shape index (κ1) is 12.8.